The Morgan fingerprint density at radius 1 is 1.14 bits per heavy atom. The second-order valence-corrected chi connectivity index (χ2v) is 13.1. The first-order valence-electron chi connectivity index (χ1n) is 12.9. The minimum absolute atomic E-state index is 0.0862. The van der Waals surface area contributed by atoms with Crippen LogP contribution >= 0.6 is 11.6 Å². The average Bonchev–Trinajstić information content (AvgIpc) is 2.90. The Labute approximate surface area is 246 Å². The molecule has 6 nitrogen and oxygen atoms in total. The number of nitrogens with two attached hydrogens (primary N) is 1. The zero-order valence-electron chi connectivity index (χ0n) is 22.9. The number of nitrogens with zero attached hydrogens (tertiary/aromatic N) is 1. The molecule has 2 unspecified atom stereocenters. The van der Waals surface area contributed by atoms with Crippen LogP contribution in [-0.4, -0.2) is 37.6 Å². The van der Waals surface area contributed by atoms with Gasteiger partial charge in [-0.1, -0.05) is 35.9 Å². The van der Waals surface area contributed by atoms with Crippen molar-refractivity contribution in [2.45, 2.75) is 55.2 Å². The maximum Gasteiger partial charge on any atom is 0.416 e. The molecule has 0 aliphatic carbocycles. The summed E-state index contributed by atoms with van der Waals surface area (Å²) < 4.78 is 88.7. The number of amidine groups is 1. The maximum atomic E-state index is 14.5. The van der Waals surface area contributed by atoms with Crippen LogP contribution in [-0.2, 0) is 16.0 Å². The summed E-state index contributed by atoms with van der Waals surface area (Å²) in [4.78, 5) is 3.66. The van der Waals surface area contributed by atoms with E-state index in [1.165, 1.54) is 26.0 Å². The smallest absolute Gasteiger partial charge is 0.416 e. The molecule has 3 aromatic carbocycles. The molecule has 1 aliphatic rings. The number of sulfone groups is 1. The quantitative estimate of drug-likeness (QED) is 0.130. The largest absolute Gasteiger partial charge is 0.488 e. The molecular weight excluding hydrogens is 596 g/mol. The fraction of sp³-hybridized carbons (Fsp3) is 0.300. The van der Waals surface area contributed by atoms with Crippen molar-refractivity contribution in [2.75, 3.05) is 6.54 Å². The molecule has 0 spiro atoms. The van der Waals surface area contributed by atoms with Crippen LogP contribution in [0.1, 0.15) is 54.7 Å². The van der Waals surface area contributed by atoms with Gasteiger partial charge in [-0.25, -0.2) is 12.8 Å². The molecule has 1 heterocycles. The Hall–Kier alpha value is -3.41. The lowest BCUT2D eigenvalue weighted by atomic mass is 9.97. The molecule has 42 heavy (non-hydrogen) atoms. The van der Waals surface area contributed by atoms with E-state index in [1.54, 1.807) is 37.3 Å². The first kappa shape index (κ1) is 31.5. The van der Waals surface area contributed by atoms with Crippen LogP contribution in [0.15, 0.2) is 70.6 Å². The van der Waals surface area contributed by atoms with Crippen LogP contribution in [0.4, 0.5) is 17.6 Å². The van der Waals surface area contributed by atoms with Crippen LogP contribution in [0.25, 0.3) is 11.6 Å². The monoisotopic (exact) mass is 624 g/mol. The number of aliphatic imine (C=N–C) groups is 1. The molecule has 3 aromatic rings. The van der Waals surface area contributed by atoms with Gasteiger partial charge in [-0.15, -0.1) is 0 Å². The third-order valence-corrected chi connectivity index (χ3v) is 9.27. The number of fused-ring (bicyclic) bond motifs is 1. The number of alkyl halides is 3. The summed E-state index contributed by atoms with van der Waals surface area (Å²) >= 11 is 6.20. The highest BCUT2D eigenvalue weighted by Crippen LogP contribution is 2.44. The van der Waals surface area contributed by atoms with E-state index in [0.717, 1.165) is 18.2 Å². The third-order valence-electron chi connectivity index (χ3n) is 6.85. The van der Waals surface area contributed by atoms with Crippen molar-refractivity contribution >= 4 is 38.9 Å². The number of rotatable bonds is 7. The number of allylic oxidation sites excluding steroid dienone is 1. The Kier molecular flexibility index (Phi) is 8.78. The van der Waals surface area contributed by atoms with E-state index in [2.05, 4.69) is 4.99 Å². The molecule has 3 N–H and O–H groups in total. The fourth-order valence-electron chi connectivity index (χ4n) is 4.62. The van der Waals surface area contributed by atoms with Crippen molar-refractivity contribution in [3.63, 3.8) is 0 Å². The summed E-state index contributed by atoms with van der Waals surface area (Å²) in [6.45, 7) is 4.43. The summed E-state index contributed by atoms with van der Waals surface area (Å²) in [5.41, 5.74) is 4.71. The molecule has 1 aliphatic heterocycles. The van der Waals surface area contributed by atoms with E-state index in [4.69, 9.17) is 22.1 Å². The number of benzene rings is 3. The van der Waals surface area contributed by atoms with Gasteiger partial charge >= 0.3 is 6.18 Å². The predicted molar refractivity (Wildman–Crippen MR) is 155 cm³/mol. The van der Waals surface area contributed by atoms with E-state index in [-0.39, 0.29) is 40.7 Å². The molecule has 0 amide bonds. The van der Waals surface area contributed by atoms with Crippen LogP contribution < -0.4 is 10.5 Å². The first-order valence-corrected chi connectivity index (χ1v) is 14.8. The standard InChI is InChI=1S/C30H29ClF4N2O4S/c1-17(27-23(31)8-5-9-24(27)32)12-18-10-11-25-22(13-18)26(15-20(41-25)16-37-28(36)29(2,3)38)42(39,40)21-7-4-6-19(14-21)30(33,34)35/h4-14,20,26,38H,15-16H2,1-3H3,(H2,36,37)/b17-12+. The summed E-state index contributed by atoms with van der Waals surface area (Å²) in [5.74, 6) is -0.421. The molecule has 0 bridgehead atoms. The normalized spacial score (nSPS) is 18.4. The number of aliphatic hydroxyl groups is 1. The zero-order chi connectivity index (χ0) is 31.0. The van der Waals surface area contributed by atoms with Gasteiger partial charge in [-0.2, -0.15) is 13.2 Å². The molecular formula is C30H29ClF4N2O4S. The molecule has 0 saturated heterocycles. The summed E-state index contributed by atoms with van der Waals surface area (Å²) in [6.07, 6.45) is -4.09. The van der Waals surface area contributed by atoms with Gasteiger partial charge in [0.1, 0.15) is 29.1 Å². The number of halogens is 5. The number of hydrogen-bond donors (Lipinski definition) is 2. The lowest BCUT2D eigenvalue weighted by Gasteiger charge is -2.32. The lowest BCUT2D eigenvalue weighted by molar-refractivity contribution is -0.137. The van der Waals surface area contributed by atoms with Gasteiger partial charge in [0.05, 0.1) is 27.3 Å². The van der Waals surface area contributed by atoms with Gasteiger partial charge in [-0.05, 0) is 74.4 Å². The van der Waals surface area contributed by atoms with Crippen molar-refractivity contribution in [1.29, 1.82) is 0 Å². The van der Waals surface area contributed by atoms with Crippen LogP contribution in [0.2, 0.25) is 5.02 Å². The predicted octanol–water partition coefficient (Wildman–Crippen LogP) is 6.85. The molecule has 0 aromatic heterocycles. The zero-order valence-corrected chi connectivity index (χ0v) is 24.5. The molecule has 0 fully saturated rings. The molecule has 0 saturated carbocycles. The number of ether oxygens (including phenoxy) is 1. The fourth-order valence-corrected chi connectivity index (χ4v) is 6.81. The topological polar surface area (TPSA) is 102 Å². The molecule has 12 heteroatoms. The minimum Gasteiger partial charge on any atom is -0.488 e. The van der Waals surface area contributed by atoms with Crippen LogP contribution in [0.5, 0.6) is 5.75 Å². The highest BCUT2D eigenvalue weighted by atomic mass is 35.5. The average molecular weight is 625 g/mol. The van der Waals surface area contributed by atoms with Gasteiger partial charge in [-0.3, -0.25) is 4.99 Å². The first-order chi connectivity index (χ1) is 19.5. The van der Waals surface area contributed by atoms with Crippen molar-refractivity contribution in [1.82, 2.24) is 0 Å². The minimum atomic E-state index is -4.74. The van der Waals surface area contributed by atoms with E-state index < -0.39 is 49.2 Å². The van der Waals surface area contributed by atoms with Crippen molar-refractivity contribution in [3.8, 4) is 5.75 Å². The van der Waals surface area contributed by atoms with Gasteiger partial charge < -0.3 is 15.6 Å². The van der Waals surface area contributed by atoms with Gasteiger partial charge in [0.15, 0.2) is 9.84 Å². The molecule has 4 rings (SSSR count). The van der Waals surface area contributed by atoms with Crippen molar-refractivity contribution < 1.29 is 35.8 Å². The second-order valence-electron chi connectivity index (χ2n) is 10.5. The Morgan fingerprint density at radius 2 is 1.83 bits per heavy atom. The summed E-state index contributed by atoms with van der Waals surface area (Å²) in [5, 5.41) is 8.98. The Balaban J connectivity index is 1.81. The SMILES string of the molecule is C/C(=C\c1ccc2c(c1)C(S(=O)(=O)c1cccc(C(F)(F)F)c1)CC(CN=C(N)C(C)(C)O)O2)c1c(F)cccc1Cl. The van der Waals surface area contributed by atoms with Gasteiger partial charge in [0.2, 0.25) is 0 Å². The highest BCUT2D eigenvalue weighted by molar-refractivity contribution is 7.91. The van der Waals surface area contributed by atoms with Crippen LogP contribution in [0.3, 0.4) is 0 Å². The highest BCUT2D eigenvalue weighted by Gasteiger charge is 2.40. The van der Waals surface area contributed by atoms with E-state index in [0.29, 0.717) is 17.2 Å². The molecule has 224 valence electrons. The maximum absolute atomic E-state index is 14.5. The van der Waals surface area contributed by atoms with Crippen molar-refractivity contribution in [2.24, 2.45) is 10.7 Å². The Morgan fingerprint density at radius 3 is 2.48 bits per heavy atom. The second kappa shape index (κ2) is 11.7. The summed E-state index contributed by atoms with van der Waals surface area (Å²) in [7, 11) is -4.38. The van der Waals surface area contributed by atoms with E-state index in [1.807, 2.05) is 0 Å². The third kappa shape index (κ3) is 6.79. The van der Waals surface area contributed by atoms with E-state index in [9.17, 15) is 31.1 Å². The van der Waals surface area contributed by atoms with Gasteiger partial charge in [0.25, 0.3) is 0 Å². The lowest BCUT2D eigenvalue weighted by Crippen LogP contribution is -2.39. The summed E-state index contributed by atoms with van der Waals surface area (Å²) in [6, 6.07) is 12.6. The molecule has 2 atom stereocenters. The van der Waals surface area contributed by atoms with Gasteiger partial charge in [0, 0.05) is 17.5 Å². The number of hydrogen-bond acceptors (Lipinski definition) is 5. The Bertz CT molecular complexity index is 1640. The molecule has 0 radical (unpaired) electrons. The van der Waals surface area contributed by atoms with E-state index >= 15 is 0 Å². The van der Waals surface area contributed by atoms with Crippen LogP contribution in [0, 0.1) is 5.82 Å². The van der Waals surface area contributed by atoms with Crippen molar-refractivity contribution in [3.05, 3.63) is 93.8 Å².